The molecule has 0 bridgehead atoms. The van der Waals surface area contributed by atoms with E-state index in [1.165, 1.54) is 0 Å². The first-order chi connectivity index (χ1) is 3.46. The normalized spacial score (nSPS) is 3.60. The van der Waals surface area contributed by atoms with Crippen molar-refractivity contribution in [2.45, 2.75) is 0 Å². The molecule has 0 radical (unpaired) electrons. The van der Waals surface area contributed by atoms with Crippen molar-refractivity contribution >= 4 is 14.6 Å². The molecule has 0 aromatic carbocycles. The van der Waals surface area contributed by atoms with Crippen molar-refractivity contribution in [2.75, 3.05) is 0 Å². The molecule has 15 heavy (non-hydrogen) atoms. The first-order valence-corrected chi connectivity index (χ1v) is 1.55. The largest absolute Gasteiger partial charge is 2.00 e. The van der Waals surface area contributed by atoms with E-state index in [1.807, 2.05) is 0 Å². The van der Waals surface area contributed by atoms with Crippen molar-refractivity contribution in [1.29, 1.82) is 0 Å². The quantitative estimate of drug-likeness (QED) is 0.190. The molecule has 0 saturated heterocycles. The minimum absolute atomic E-state index is 0. The molecule has 0 aliphatic rings. The molecule has 0 aliphatic heterocycles. The van der Waals surface area contributed by atoms with Gasteiger partial charge in [0.05, 0.1) is 0 Å². The van der Waals surface area contributed by atoms with Gasteiger partial charge in [0, 0.05) is 0 Å². The summed E-state index contributed by atoms with van der Waals surface area (Å²) in [6, 6.07) is 0. The molecule has 0 aromatic rings. The Morgan fingerprint density at radius 2 is 0.400 bits per heavy atom. The predicted octanol–water partition coefficient (Wildman–Crippen LogP) is -4.35. The summed E-state index contributed by atoms with van der Waals surface area (Å²) in [7, 11) is -4.33. The molecule has 0 heterocycles. The van der Waals surface area contributed by atoms with Gasteiger partial charge in [-0.15, -0.1) is 0 Å². The zero-order chi connectivity index (χ0) is 7.15. The Labute approximate surface area is 151 Å². The van der Waals surface area contributed by atoms with E-state index in [2.05, 4.69) is 0 Å². The van der Waals surface area contributed by atoms with Gasteiger partial charge in [-0.05, 0) is 0 Å². The van der Waals surface area contributed by atoms with Gasteiger partial charge in [-0.3, -0.25) is 0 Å². The molecule has 64 valence electrons. The third-order valence-electron chi connectivity index (χ3n) is 0. The molecule has 15 heteroatoms. The van der Waals surface area contributed by atoms with Crippen LogP contribution in [0.15, 0.2) is 0 Å². The van der Waals surface area contributed by atoms with E-state index < -0.39 is 14.6 Å². The molecule has 0 spiro atoms. The Hall–Kier alpha value is 2.93. The minimum atomic E-state index is -2.17. The Morgan fingerprint density at radius 1 is 0.400 bits per heavy atom. The Balaban J connectivity index is -0.00000000468. The molecule has 0 rings (SSSR count). The maximum absolute atomic E-state index is 7.17. The van der Waals surface area contributed by atoms with E-state index in [4.69, 9.17) is 30.1 Å². The number of hydrogen-bond donors (Lipinski definition) is 6. The van der Waals surface area contributed by atoms with Crippen LogP contribution >= 0.6 is 0 Å². The molecule has 0 amide bonds. The zero-order valence-corrected chi connectivity index (χ0v) is 23.0. The molecular formula is H6B2O8Zn5+6. The van der Waals surface area contributed by atoms with Crippen molar-refractivity contribution in [3.05, 3.63) is 0 Å². The van der Waals surface area contributed by atoms with Crippen molar-refractivity contribution in [1.82, 2.24) is 0 Å². The average molecular weight is 483 g/mol. The van der Waals surface area contributed by atoms with Gasteiger partial charge < -0.3 is 41.1 Å². The van der Waals surface area contributed by atoms with Crippen molar-refractivity contribution in [3.63, 3.8) is 0 Å². The maximum Gasteiger partial charge on any atom is 2.00 e. The third kappa shape index (κ3) is 440. The second-order valence-corrected chi connectivity index (χ2v) is 0.693. The first-order valence-electron chi connectivity index (χ1n) is 1.55. The van der Waals surface area contributed by atoms with Crippen LogP contribution in [0.25, 0.3) is 0 Å². The fraction of sp³-hybridized carbons (Fsp3) is 0. The van der Waals surface area contributed by atoms with E-state index in [0.717, 1.165) is 0 Å². The molecule has 0 fully saturated rings. The van der Waals surface area contributed by atoms with Crippen LogP contribution in [0.1, 0.15) is 0 Å². The Bertz CT molecular complexity index is 36.5. The minimum Gasteiger partial charge on any atom is -2.00 e. The average Bonchev–Trinajstić information content (AvgIpc) is 1.25. The fourth-order valence-corrected chi connectivity index (χ4v) is 0. The molecule has 0 saturated carbocycles. The fourth-order valence-electron chi connectivity index (χ4n) is 0. The van der Waals surface area contributed by atoms with Gasteiger partial charge in [-0.1, -0.05) is 0 Å². The maximum atomic E-state index is 7.17. The summed E-state index contributed by atoms with van der Waals surface area (Å²) < 4.78 is 0. The van der Waals surface area contributed by atoms with Crippen LogP contribution in [0, 0.1) is 0 Å². The van der Waals surface area contributed by atoms with Gasteiger partial charge >= 0.3 is 112 Å². The Morgan fingerprint density at radius 3 is 0.400 bits per heavy atom. The Kier molecular flexibility index (Phi) is 232. The van der Waals surface area contributed by atoms with Crippen LogP contribution in [-0.4, -0.2) is 44.8 Å². The first kappa shape index (κ1) is 64.5. The van der Waals surface area contributed by atoms with Crippen molar-refractivity contribution in [2.24, 2.45) is 0 Å². The number of rotatable bonds is 0. The van der Waals surface area contributed by atoms with Crippen LogP contribution in [0.4, 0.5) is 0 Å². The SMILES string of the molecule is OB(O)O.OB(O)O.[O-2].[O-2].[Zn+2].[Zn+2].[Zn+2].[Zn+2].[Zn+2]. The third-order valence-corrected chi connectivity index (χ3v) is 0. The van der Waals surface area contributed by atoms with E-state index in [-0.39, 0.29) is 108 Å². The molecule has 0 aromatic heterocycles. The van der Waals surface area contributed by atoms with Crippen molar-refractivity contribution < 1.29 is 138 Å². The van der Waals surface area contributed by atoms with Gasteiger partial charge in [-0.2, -0.15) is 0 Å². The molecule has 0 unspecified atom stereocenters. The van der Waals surface area contributed by atoms with E-state index in [9.17, 15) is 0 Å². The molecule has 0 atom stereocenters. The summed E-state index contributed by atoms with van der Waals surface area (Å²) in [6.07, 6.45) is 0. The monoisotopic (exact) mass is 476 g/mol. The summed E-state index contributed by atoms with van der Waals surface area (Å²) in [6.45, 7) is 0. The molecular weight excluding hydrogens is 477 g/mol. The summed E-state index contributed by atoms with van der Waals surface area (Å²) in [4.78, 5) is 0. The smallest absolute Gasteiger partial charge is 2.00 e. The summed E-state index contributed by atoms with van der Waals surface area (Å²) >= 11 is 0. The van der Waals surface area contributed by atoms with Gasteiger partial charge in [0.2, 0.25) is 0 Å². The van der Waals surface area contributed by atoms with Crippen molar-refractivity contribution in [3.8, 4) is 0 Å². The van der Waals surface area contributed by atoms with Crippen LogP contribution in [0.5, 0.6) is 0 Å². The number of hydrogen-bond acceptors (Lipinski definition) is 6. The van der Waals surface area contributed by atoms with Crippen LogP contribution in [-0.2, 0) is 108 Å². The van der Waals surface area contributed by atoms with Crippen LogP contribution < -0.4 is 0 Å². The molecule has 0 aliphatic carbocycles. The van der Waals surface area contributed by atoms with E-state index >= 15 is 0 Å². The van der Waals surface area contributed by atoms with Gasteiger partial charge in [0.1, 0.15) is 0 Å². The molecule has 8 nitrogen and oxygen atoms in total. The summed E-state index contributed by atoms with van der Waals surface area (Å²) in [5, 5.41) is 43.0. The zero-order valence-electron chi connectivity index (χ0n) is 8.19. The standard InChI is InChI=1S/2BH3O3.2O.5Zn/c2*2-1(3)4;;;;;;;/h2*2-4H;;;;;;;/q;;2*-2;5*+2. The van der Waals surface area contributed by atoms with E-state index in [0.29, 0.717) is 0 Å². The second kappa shape index (κ2) is 53.9. The second-order valence-electron chi connectivity index (χ2n) is 0.693. The van der Waals surface area contributed by atoms with Gasteiger partial charge in [0.25, 0.3) is 0 Å². The summed E-state index contributed by atoms with van der Waals surface area (Å²) in [5.74, 6) is 0. The van der Waals surface area contributed by atoms with Crippen LogP contribution in [0.3, 0.4) is 0 Å². The van der Waals surface area contributed by atoms with Gasteiger partial charge in [-0.25, -0.2) is 0 Å². The molecule has 6 N–H and O–H groups in total. The van der Waals surface area contributed by atoms with E-state index in [1.54, 1.807) is 0 Å². The predicted molar refractivity (Wildman–Crippen MR) is 26.2 cm³/mol. The summed E-state index contributed by atoms with van der Waals surface area (Å²) in [5.41, 5.74) is 0. The van der Waals surface area contributed by atoms with Gasteiger partial charge in [0.15, 0.2) is 0 Å². The van der Waals surface area contributed by atoms with Crippen LogP contribution in [0.2, 0.25) is 0 Å². The topological polar surface area (TPSA) is 178 Å².